The average molecular weight is 308 g/mol. The van der Waals surface area contributed by atoms with Gasteiger partial charge in [-0.2, -0.15) is 0 Å². The van der Waals surface area contributed by atoms with Crippen molar-refractivity contribution in [2.45, 2.75) is 12.8 Å². The molecule has 2 aromatic rings. The van der Waals surface area contributed by atoms with Gasteiger partial charge in [0.25, 0.3) is 0 Å². The summed E-state index contributed by atoms with van der Waals surface area (Å²) in [5.74, 6) is 0. The zero-order valence-corrected chi connectivity index (χ0v) is 13.7. The van der Waals surface area contributed by atoms with Crippen LogP contribution in [0.15, 0.2) is 96.2 Å². The van der Waals surface area contributed by atoms with Crippen molar-refractivity contribution in [3.8, 4) is 0 Å². The fourth-order valence-electron chi connectivity index (χ4n) is 3.13. The highest BCUT2D eigenvalue weighted by molar-refractivity contribution is 5.87. The summed E-state index contributed by atoms with van der Waals surface area (Å²) in [7, 11) is 0. The molecule has 0 heteroatoms. The minimum atomic E-state index is 1.04. The van der Waals surface area contributed by atoms with Gasteiger partial charge in [0.05, 0.1) is 0 Å². The van der Waals surface area contributed by atoms with Gasteiger partial charge in [0.1, 0.15) is 0 Å². The highest BCUT2D eigenvalue weighted by Crippen LogP contribution is 2.22. The fourth-order valence-corrected chi connectivity index (χ4v) is 3.13. The van der Waals surface area contributed by atoms with Crippen molar-refractivity contribution >= 4 is 22.9 Å². The minimum absolute atomic E-state index is 1.04. The molecule has 0 atom stereocenters. The molecule has 2 aliphatic rings. The van der Waals surface area contributed by atoms with Crippen LogP contribution in [0.5, 0.6) is 0 Å². The summed E-state index contributed by atoms with van der Waals surface area (Å²) in [6.07, 6.45) is 24.1. The SMILES string of the molecule is C1=CC(=Cc2ccc3ccc(C=C4C=CCC=C4)cc3c2)C=CC1. The lowest BCUT2D eigenvalue weighted by molar-refractivity contribution is 1.35. The van der Waals surface area contributed by atoms with Crippen LogP contribution in [0.1, 0.15) is 24.0 Å². The molecule has 0 amide bonds. The molecule has 2 aromatic carbocycles. The van der Waals surface area contributed by atoms with Gasteiger partial charge >= 0.3 is 0 Å². The van der Waals surface area contributed by atoms with Crippen LogP contribution in [0.2, 0.25) is 0 Å². The van der Waals surface area contributed by atoms with Crippen LogP contribution < -0.4 is 0 Å². The number of rotatable bonds is 2. The van der Waals surface area contributed by atoms with E-state index in [9.17, 15) is 0 Å². The Balaban J connectivity index is 1.70. The van der Waals surface area contributed by atoms with Crippen LogP contribution in [0.25, 0.3) is 22.9 Å². The normalized spacial score (nSPS) is 16.0. The Bertz CT molecular complexity index is 840. The molecule has 0 spiro atoms. The van der Waals surface area contributed by atoms with E-state index in [1.54, 1.807) is 0 Å². The Morgan fingerprint density at radius 3 is 1.46 bits per heavy atom. The summed E-state index contributed by atoms with van der Waals surface area (Å²) in [4.78, 5) is 0. The van der Waals surface area contributed by atoms with E-state index >= 15 is 0 Å². The summed E-state index contributed by atoms with van der Waals surface area (Å²) in [5.41, 5.74) is 5.01. The van der Waals surface area contributed by atoms with Gasteiger partial charge in [-0.15, -0.1) is 0 Å². The molecular formula is C24H20. The number of allylic oxidation sites excluding steroid dienone is 10. The highest BCUT2D eigenvalue weighted by Gasteiger charge is 1.99. The lowest BCUT2D eigenvalue weighted by Crippen LogP contribution is -1.83. The lowest BCUT2D eigenvalue weighted by atomic mass is 10.00. The predicted octanol–water partition coefficient (Wildman–Crippen LogP) is 6.64. The molecule has 0 unspecified atom stereocenters. The number of benzene rings is 2. The zero-order valence-electron chi connectivity index (χ0n) is 13.7. The van der Waals surface area contributed by atoms with Gasteiger partial charge in [0, 0.05) is 0 Å². The van der Waals surface area contributed by atoms with Crippen molar-refractivity contribution < 1.29 is 0 Å². The van der Waals surface area contributed by atoms with Gasteiger partial charge in [-0.1, -0.05) is 72.9 Å². The number of fused-ring (bicyclic) bond motifs is 1. The molecular weight excluding hydrogens is 288 g/mol. The van der Waals surface area contributed by atoms with Gasteiger partial charge < -0.3 is 0 Å². The maximum absolute atomic E-state index is 2.27. The zero-order chi connectivity index (χ0) is 16.2. The molecule has 4 rings (SSSR count). The van der Waals surface area contributed by atoms with E-state index in [1.165, 1.54) is 33.0 Å². The first kappa shape index (κ1) is 14.7. The van der Waals surface area contributed by atoms with Crippen LogP contribution in [-0.2, 0) is 0 Å². The summed E-state index contributed by atoms with van der Waals surface area (Å²) < 4.78 is 0. The smallest absolute Gasteiger partial charge is 0.0163 e. The largest absolute Gasteiger partial charge is 0.0801 e. The van der Waals surface area contributed by atoms with E-state index in [4.69, 9.17) is 0 Å². The van der Waals surface area contributed by atoms with Gasteiger partial charge in [0.15, 0.2) is 0 Å². The second-order valence-corrected chi connectivity index (χ2v) is 6.24. The third kappa shape index (κ3) is 3.38. The number of hydrogen-bond acceptors (Lipinski definition) is 0. The standard InChI is InChI=1S/C24H20/c1-3-7-19(8-4-1)15-21-11-13-23-14-12-22(18-24(23)17-21)16-20-9-5-2-6-10-20/h3-18H,1-2H2. The fraction of sp³-hybridized carbons (Fsp3) is 0.0833. The molecule has 0 saturated carbocycles. The minimum Gasteiger partial charge on any atom is -0.0801 e. The van der Waals surface area contributed by atoms with Crippen molar-refractivity contribution in [2.24, 2.45) is 0 Å². The molecule has 116 valence electrons. The van der Waals surface area contributed by atoms with E-state index in [-0.39, 0.29) is 0 Å². The molecule has 0 bridgehead atoms. The van der Waals surface area contributed by atoms with Gasteiger partial charge in [-0.05, 0) is 70.2 Å². The van der Waals surface area contributed by atoms with Crippen LogP contribution in [-0.4, -0.2) is 0 Å². The van der Waals surface area contributed by atoms with Crippen molar-refractivity contribution in [1.29, 1.82) is 0 Å². The first-order valence-corrected chi connectivity index (χ1v) is 8.50. The Kier molecular flexibility index (Phi) is 4.12. The molecule has 0 aliphatic heterocycles. The van der Waals surface area contributed by atoms with E-state index in [0.717, 1.165) is 12.8 Å². The topological polar surface area (TPSA) is 0 Å². The van der Waals surface area contributed by atoms with Crippen LogP contribution in [0, 0.1) is 0 Å². The Morgan fingerprint density at radius 1 is 0.542 bits per heavy atom. The summed E-state index contributed by atoms with van der Waals surface area (Å²) in [6.45, 7) is 0. The maximum atomic E-state index is 2.27. The van der Waals surface area contributed by atoms with E-state index in [1.807, 2.05) is 0 Å². The van der Waals surface area contributed by atoms with Gasteiger partial charge in [-0.25, -0.2) is 0 Å². The quantitative estimate of drug-likeness (QED) is 0.583. The highest BCUT2D eigenvalue weighted by atomic mass is 14.0. The second-order valence-electron chi connectivity index (χ2n) is 6.24. The Hall–Kier alpha value is -2.86. The van der Waals surface area contributed by atoms with Crippen molar-refractivity contribution in [3.05, 3.63) is 107 Å². The van der Waals surface area contributed by atoms with Crippen molar-refractivity contribution in [1.82, 2.24) is 0 Å². The molecule has 2 aliphatic carbocycles. The van der Waals surface area contributed by atoms with Crippen LogP contribution in [0.3, 0.4) is 0 Å². The Labute approximate surface area is 143 Å². The van der Waals surface area contributed by atoms with E-state index < -0.39 is 0 Å². The first-order chi connectivity index (χ1) is 11.9. The molecule has 0 N–H and O–H groups in total. The molecule has 0 fully saturated rings. The molecule has 0 nitrogen and oxygen atoms in total. The third-order valence-corrected chi connectivity index (χ3v) is 4.34. The van der Waals surface area contributed by atoms with Crippen molar-refractivity contribution in [2.75, 3.05) is 0 Å². The van der Waals surface area contributed by atoms with Gasteiger partial charge in [0.2, 0.25) is 0 Å². The average Bonchev–Trinajstić information content (AvgIpc) is 2.63. The van der Waals surface area contributed by atoms with Crippen LogP contribution >= 0.6 is 0 Å². The molecule has 0 saturated heterocycles. The van der Waals surface area contributed by atoms with Gasteiger partial charge in [-0.3, -0.25) is 0 Å². The second kappa shape index (κ2) is 6.72. The third-order valence-electron chi connectivity index (χ3n) is 4.34. The Morgan fingerprint density at radius 2 is 1.00 bits per heavy atom. The summed E-state index contributed by atoms with van der Waals surface area (Å²) in [5, 5.41) is 2.56. The number of hydrogen-bond donors (Lipinski definition) is 0. The molecule has 0 radical (unpaired) electrons. The van der Waals surface area contributed by atoms with Crippen molar-refractivity contribution in [3.63, 3.8) is 0 Å². The lowest BCUT2D eigenvalue weighted by Gasteiger charge is -2.05. The molecule has 0 heterocycles. The predicted molar refractivity (Wildman–Crippen MR) is 106 cm³/mol. The molecule has 0 aromatic heterocycles. The molecule has 24 heavy (non-hydrogen) atoms. The van der Waals surface area contributed by atoms with E-state index in [2.05, 4.69) is 97.2 Å². The first-order valence-electron chi connectivity index (χ1n) is 8.50. The maximum Gasteiger partial charge on any atom is -0.0163 e. The van der Waals surface area contributed by atoms with E-state index in [0.29, 0.717) is 0 Å². The summed E-state index contributed by atoms with van der Waals surface area (Å²) >= 11 is 0. The van der Waals surface area contributed by atoms with Crippen LogP contribution in [0.4, 0.5) is 0 Å². The summed E-state index contributed by atoms with van der Waals surface area (Å²) in [6, 6.07) is 13.3. The monoisotopic (exact) mass is 308 g/mol.